The number of rotatable bonds is 49. The molecule has 6 nitrogen and oxygen atoms in total. The van der Waals surface area contributed by atoms with Crippen molar-refractivity contribution in [2.24, 2.45) is 0 Å². The summed E-state index contributed by atoms with van der Waals surface area (Å²) in [5.74, 6) is -1.01. The molecule has 0 spiro atoms. The van der Waals surface area contributed by atoms with Crippen LogP contribution in [0.5, 0.6) is 0 Å². The molecule has 1 unspecified atom stereocenters. The summed E-state index contributed by atoms with van der Waals surface area (Å²) in [6.45, 7) is 6.46. The summed E-state index contributed by atoms with van der Waals surface area (Å²) in [7, 11) is 0. The minimum absolute atomic E-state index is 0.112. The van der Waals surface area contributed by atoms with E-state index in [2.05, 4.69) is 87.6 Å². The SMILES string of the molecule is CCC/C=C/C=C/C=C/C=C/C=C/CCCCCCCC(=O)OCC(COC(=O)CC/C=C/C/C=C/CCCCCCCC)OC(=O)CCCCCCC/C=C/CCCCCCCCCCC. The molecule has 0 heterocycles. The highest BCUT2D eigenvalue weighted by Gasteiger charge is 2.19. The fourth-order valence-corrected chi connectivity index (χ4v) is 7.46. The first-order valence-corrected chi connectivity index (χ1v) is 27.8. The van der Waals surface area contributed by atoms with Crippen molar-refractivity contribution in [3.05, 3.63) is 97.2 Å². The van der Waals surface area contributed by atoms with E-state index in [-0.39, 0.29) is 37.5 Å². The summed E-state index contributed by atoms with van der Waals surface area (Å²) in [6, 6.07) is 0. The Bertz CT molecular complexity index is 1350. The van der Waals surface area contributed by atoms with E-state index in [1.165, 1.54) is 116 Å². The topological polar surface area (TPSA) is 78.9 Å². The van der Waals surface area contributed by atoms with Gasteiger partial charge in [0.2, 0.25) is 0 Å². The van der Waals surface area contributed by atoms with Crippen LogP contribution in [0.25, 0.3) is 0 Å². The van der Waals surface area contributed by atoms with E-state index in [0.29, 0.717) is 19.3 Å². The fraction of sp³-hybridized carbons (Fsp3) is 0.689. The van der Waals surface area contributed by atoms with Gasteiger partial charge >= 0.3 is 17.9 Å². The van der Waals surface area contributed by atoms with Crippen LogP contribution in [0.2, 0.25) is 0 Å². The predicted molar refractivity (Wildman–Crippen MR) is 288 cm³/mol. The Balaban J connectivity index is 4.50. The first kappa shape index (κ1) is 63.3. The van der Waals surface area contributed by atoms with E-state index in [1.54, 1.807) is 0 Å². The third-order valence-electron chi connectivity index (χ3n) is 11.7. The second-order valence-corrected chi connectivity index (χ2v) is 18.3. The highest BCUT2D eigenvalue weighted by atomic mass is 16.6. The lowest BCUT2D eigenvalue weighted by Gasteiger charge is -2.18. The lowest BCUT2D eigenvalue weighted by Crippen LogP contribution is -2.30. The average Bonchev–Trinajstić information content (AvgIpc) is 3.33. The number of ether oxygens (including phenoxy) is 3. The molecule has 0 aliphatic rings. The molecule has 67 heavy (non-hydrogen) atoms. The predicted octanol–water partition coefficient (Wildman–Crippen LogP) is 18.5. The Hall–Kier alpha value is -3.67. The van der Waals surface area contributed by atoms with Gasteiger partial charge in [-0.1, -0.05) is 246 Å². The van der Waals surface area contributed by atoms with E-state index < -0.39 is 6.10 Å². The second kappa shape index (κ2) is 54.9. The van der Waals surface area contributed by atoms with E-state index in [9.17, 15) is 14.4 Å². The molecule has 382 valence electrons. The molecule has 0 radical (unpaired) electrons. The molecule has 0 aromatic rings. The van der Waals surface area contributed by atoms with Crippen molar-refractivity contribution in [2.45, 2.75) is 258 Å². The molecule has 0 rings (SSSR count). The van der Waals surface area contributed by atoms with Crippen LogP contribution in [0.4, 0.5) is 0 Å². The molecule has 0 saturated heterocycles. The quantitative estimate of drug-likeness (QED) is 0.0199. The van der Waals surface area contributed by atoms with Crippen molar-refractivity contribution >= 4 is 17.9 Å². The zero-order valence-electron chi connectivity index (χ0n) is 43.6. The maximum atomic E-state index is 12.8. The number of carbonyl (C=O) groups excluding carboxylic acids is 3. The van der Waals surface area contributed by atoms with E-state index in [0.717, 1.165) is 89.9 Å². The number of carbonyl (C=O) groups is 3. The van der Waals surface area contributed by atoms with E-state index in [1.807, 2.05) is 30.4 Å². The fourth-order valence-electron chi connectivity index (χ4n) is 7.46. The molecule has 0 aliphatic carbocycles. The smallest absolute Gasteiger partial charge is 0.306 e. The standard InChI is InChI=1S/C61H102O6/c1-4-7-10-13-16-19-22-25-27-29-31-33-36-39-42-45-48-51-54-60(63)66-57-58(56-65-59(62)53-50-47-44-41-38-35-24-21-18-15-12-9-6-3)67-61(64)55-52-49-46-43-40-37-34-32-30-28-26-23-20-17-14-11-8-5-2/h10,13,16,19,22,25,27,29,31-35,38,44,47,58H,4-9,11-12,14-15,17-18,20-21,23-24,26,28,30,36-37,39-43,45-46,48-57H2,1-3H3/b13-10+,19-16+,25-22+,29-27+,33-31+,34-32+,38-35+,47-44+. The van der Waals surface area contributed by atoms with Crippen LogP contribution in [0.3, 0.4) is 0 Å². The zero-order chi connectivity index (χ0) is 48.6. The number of esters is 3. The normalized spacial score (nSPS) is 12.8. The number of hydrogen-bond acceptors (Lipinski definition) is 6. The maximum absolute atomic E-state index is 12.8. The molecule has 0 amide bonds. The van der Waals surface area contributed by atoms with Gasteiger partial charge in [-0.15, -0.1) is 0 Å². The molecule has 0 fully saturated rings. The number of allylic oxidation sites excluding steroid dienone is 16. The molecular formula is C61H102O6. The van der Waals surface area contributed by atoms with Crippen LogP contribution in [-0.4, -0.2) is 37.2 Å². The van der Waals surface area contributed by atoms with Crippen LogP contribution < -0.4 is 0 Å². The lowest BCUT2D eigenvalue weighted by molar-refractivity contribution is -0.166. The third kappa shape index (κ3) is 53.2. The summed E-state index contributed by atoms with van der Waals surface area (Å²) in [6.07, 6.45) is 72.6. The van der Waals surface area contributed by atoms with Gasteiger partial charge in [-0.3, -0.25) is 14.4 Å². The minimum atomic E-state index is -0.816. The molecule has 0 saturated carbocycles. The average molecular weight is 931 g/mol. The highest BCUT2D eigenvalue weighted by molar-refractivity contribution is 5.71. The van der Waals surface area contributed by atoms with E-state index in [4.69, 9.17) is 14.2 Å². The molecule has 0 aromatic heterocycles. The van der Waals surface area contributed by atoms with Crippen LogP contribution in [-0.2, 0) is 28.6 Å². The van der Waals surface area contributed by atoms with Gasteiger partial charge in [-0.2, -0.15) is 0 Å². The molecule has 0 aliphatic heterocycles. The summed E-state index contributed by atoms with van der Waals surface area (Å²) in [5, 5.41) is 0. The van der Waals surface area contributed by atoms with Crippen LogP contribution >= 0.6 is 0 Å². The van der Waals surface area contributed by atoms with Crippen LogP contribution in [0.1, 0.15) is 252 Å². The Kier molecular flexibility index (Phi) is 51.9. The molecule has 0 aromatic carbocycles. The molecule has 0 bridgehead atoms. The highest BCUT2D eigenvalue weighted by Crippen LogP contribution is 2.14. The number of hydrogen-bond donors (Lipinski definition) is 0. The van der Waals surface area contributed by atoms with Gasteiger partial charge in [0.1, 0.15) is 13.2 Å². The largest absolute Gasteiger partial charge is 0.462 e. The van der Waals surface area contributed by atoms with Crippen molar-refractivity contribution in [1.29, 1.82) is 0 Å². The van der Waals surface area contributed by atoms with Crippen molar-refractivity contribution in [3.63, 3.8) is 0 Å². The summed E-state index contributed by atoms with van der Waals surface area (Å²) in [4.78, 5) is 38.1. The molecule has 6 heteroatoms. The third-order valence-corrected chi connectivity index (χ3v) is 11.7. The Morgan fingerprint density at radius 2 is 0.657 bits per heavy atom. The van der Waals surface area contributed by atoms with Crippen LogP contribution in [0.15, 0.2) is 97.2 Å². The Morgan fingerprint density at radius 1 is 0.313 bits per heavy atom. The van der Waals surface area contributed by atoms with Crippen molar-refractivity contribution in [2.75, 3.05) is 13.2 Å². The Labute approximate surface area is 413 Å². The monoisotopic (exact) mass is 931 g/mol. The van der Waals surface area contributed by atoms with Gasteiger partial charge in [0, 0.05) is 19.3 Å². The van der Waals surface area contributed by atoms with Gasteiger partial charge in [0.15, 0.2) is 6.10 Å². The second-order valence-electron chi connectivity index (χ2n) is 18.3. The minimum Gasteiger partial charge on any atom is -0.462 e. The zero-order valence-corrected chi connectivity index (χ0v) is 43.6. The lowest BCUT2D eigenvalue weighted by atomic mass is 10.1. The van der Waals surface area contributed by atoms with Crippen molar-refractivity contribution < 1.29 is 28.6 Å². The van der Waals surface area contributed by atoms with Gasteiger partial charge < -0.3 is 14.2 Å². The van der Waals surface area contributed by atoms with Crippen LogP contribution in [0, 0.1) is 0 Å². The first-order valence-electron chi connectivity index (χ1n) is 27.8. The maximum Gasteiger partial charge on any atom is 0.306 e. The van der Waals surface area contributed by atoms with E-state index >= 15 is 0 Å². The molecule has 0 N–H and O–H groups in total. The van der Waals surface area contributed by atoms with Crippen molar-refractivity contribution in [1.82, 2.24) is 0 Å². The van der Waals surface area contributed by atoms with Gasteiger partial charge in [0.05, 0.1) is 0 Å². The number of unbranched alkanes of at least 4 members (excludes halogenated alkanes) is 26. The van der Waals surface area contributed by atoms with Crippen molar-refractivity contribution in [3.8, 4) is 0 Å². The summed E-state index contributed by atoms with van der Waals surface area (Å²) < 4.78 is 16.8. The van der Waals surface area contributed by atoms with Gasteiger partial charge in [-0.05, 0) is 83.5 Å². The van der Waals surface area contributed by atoms with Gasteiger partial charge in [0.25, 0.3) is 0 Å². The van der Waals surface area contributed by atoms with Gasteiger partial charge in [-0.25, -0.2) is 0 Å². The summed E-state index contributed by atoms with van der Waals surface area (Å²) in [5.41, 5.74) is 0. The first-order chi connectivity index (χ1) is 33.0. The molecule has 1 atom stereocenters. The Morgan fingerprint density at radius 3 is 1.12 bits per heavy atom. The molecular weight excluding hydrogens is 829 g/mol. The summed E-state index contributed by atoms with van der Waals surface area (Å²) >= 11 is 0.